The quantitative estimate of drug-likeness (QED) is 0.832. The van der Waals surface area contributed by atoms with Gasteiger partial charge in [-0.3, -0.25) is 9.59 Å². The fraction of sp³-hybridized carbons (Fsp3) is 0.364. The molecule has 0 aliphatic carbocycles. The monoisotopic (exact) mass is 382 g/mol. The van der Waals surface area contributed by atoms with Crippen LogP contribution in [0, 0.1) is 6.92 Å². The Bertz CT molecular complexity index is 879. The van der Waals surface area contributed by atoms with Crippen LogP contribution in [-0.4, -0.2) is 44.0 Å². The van der Waals surface area contributed by atoms with Gasteiger partial charge in [0.2, 0.25) is 11.8 Å². The molecule has 0 radical (unpaired) electrons. The molecule has 0 saturated carbocycles. The van der Waals surface area contributed by atoms with Crippen molar-refractivity contribution in [1.29, 1.82) is 0 Å². The molecule has 2 amide bonds. The van der Waals surface area contributed by atoms with Gasteiger partial charge in [-0.25, -0.2) is 0 Å². The van der Waals surface area contributed by atoms with Gasteiger partial charge in [0.15, 0.2) is 11.5 Å². The molecule has 3 rings (SSSR count). The Kier molecular flexibility index (Phi) is 6.19. The maximum absolute atomic E-state index is 12.6. The highest BCUT2D eigenvalue weighted by molar-refractivity contribution is 5.86. The molecule has 1 aliphatic heterocycles. The first-order valence-electron chi connectivity index (χ1n) is 9.34. The van der Waals surface area contributed by atoms with Crippen LogP contribution in [0.2, 0.25) is 0 Å². The molecule has 0 aromatic heterocycles. The van der Waals surface area contributed by atoms with Crippen molar-refractivity contribution in [1.82, 2.24) is 10.2 Å². The van der Waals surface area contributed by atoms with Gasteiger partial charge in [-0.15, -0.1) is 0 Å². The third-order valence-corrected chi connectivity index (χ3v) is 5.12. The molecular weight excluding hydrogens is 356 g/mol. The lowest BCUT2D eigenvalue weighted by Gasteiger charge is -2.29. The third kappa shape index (κ3) is 4.44. The van der Waals surface area contributed by atoms with E-state index in [1.807, 2.05) is 43.3 Å². The van der Waals surface area contributed by atoms with Gasteiger partial charge in [-0.2, -0.15) is 0 Å². The normalized spacial score (nSPS) is 12.9. The van der Waals surface area contributed by atoms with Gasteiger partial charge in [-0.05, 0) is 47.7 Å². The fourth-order valence-electron chi connectivity index (χ4n) is 3.43. The number of benzene rings is 2. The van der Waals surface area contributed by atoms with E-state index in [0.29, 0.717) is 24.6 Å². The van der Waals surface area contributed by atoms with E-state index >= 15 is 0 Å². The number of hydrogen-bond donors (Lipinski definition) is 1. The maximum Gasteiger partial charge on any atom is 0.242 e. The molecule has 6 nitrogen and oxygen atoms in total. The molecule has 0 bridgehead atoms. The van der Waals surface area contributed by atoms with Crippen LogP contribution in [0.25, 0.3) is 0 Å². The van der Waals surface area contributed by atoms with E-state index in [1.54, 1.807) is 19.1 Å². The first-order chi connectivity index (χ1) is 13.5. The highest BCUT2D eigenvalue weighted by atomic mass is 16.5. The minimum atomic E-state index is -0.147. The van der Waals surface area contributed by atoms with E-state index in [-0.39, 0.29) is 24.8 Å². The summed E-state index contributed by atoms with van der Waals surface area (Å²) in [6.07, 6.45) is 1.03. The van der Waals surface area contributed by atoms with Crippen molar-refractivity contribution in [3.63, 3.8) is 0 Å². The Balaban J connectivity index is 1.57. The fourth-order valence-corrected chi connectivity index (χ4v) is 3.43. The number of carbonyl (C=O) groups is 2. The molecule has 0 fully saturated rings. The number of carbonyl (C=O) groups excluding carboxylic acids is 2. The summed E-state index contributed by atoms with van der Waals surface area (Å²) in [5.74, 6) is 1.12. The summed E-state index contributed by atoms with van der Waals surface area (Å²) in [5.41, 5.74) is 4.25. The number of aryl methyl sites for hydroxylation is 1. The molecule has 0 atom stereocenters. The highest BCUT2D eigenvalue weighted by Gasteiger charge is 2.23. The summed E-state index contributed by atoms with van der Waals surface area (Å²) in [6.45, 7) is 3.10. The molecule has 0 unspecified atom stereocenters. The molecule has 2 aromatic rings. The topological polar surface area (TPSA) is 67.9 Å². The van der Waals surface area contributed by atoms with Crippen LogP contribution in [0.3, 0.4) is 0 Å². The molecule has 1 aliphatic rings. The van der Waals surface area contributed by atoms with Crippen molar-refractivity contribution in [3.8, 4) is 11.5 Å². The number of nitrogens with one attached hydrogen (secondary N) is 1. The Morgan fingerprint density at radius 2 is 1.75 bits per heavy atom. The predicted octanol–water partition coefficient (Wildman–Crippen LogP) is 2.26. The van der Waals surface area contributed by atoms with Crippen LogP contribution in [0.15, 0.2) is 36.4 Å². The summed E-state index contributed by atoms with van der Waals surface area (Å²) in [4.78, 5) is 26.5. The van der Waals surface area contributed by atoms with E-state index in [0.717, 1.165) is 28.7 Å². The first kappa shape index (κ1) is 19.7. The average Bonchev–Trinajstić information content (AvgIpc) is 2.72. The zero-order valence-corrected chi connectivity index (χ0v) is 16.6. The molecule has 1 N–H and O–H groups in total. The summed E-state index contributed by atoms with van der Waals surface area (Å²) in [6, 6.07) is 11.7. The van der Waals surface area contributed by atoms with Gasteiger partial charge in [-0.1, -0.05) is 24.3 Å². The van der Waals surface area contributed by atoms with Gasteiger partial charge in [0.05, 0.1) is 27.2 Å². The van der Waals surface area contributed by atoms with Gasteiger partial charge < -0.3 is 19.7 Å². The van der Waals surface area contributed by atoms with Crippen LogP contribution in [0.1, 0.15) is 22.3 Å². The highest BCUT2D eigenvalue weighted by Crippen LogP contribution is 2.33. The first-order valence-corrected chi connectivity index (χ1v) is 9.34. The SMILES string of the molecule is COc1cc2c(cc1OC)CN(C(=O)CNC(=O)Cc1ccccc1C)CC2. The largest absolute Gasteiger partial charge is 0.493 e. The molecule has 2 aromatic carbocycles. The number of fused-ring (bicyclic) bond motifs is 1. The van der Waals surface area contributed by atoms with E-state index in [9.17, 15) is 9.59 Å². The van der Waals surface area contributed by atoms with Crippen molar-refractivity contribution < 1.29 is 19.1 Å². The number of methoxy groups -OCH3 is 2. The molecule has 6 heteroatoms. The van der Waals surface area contributed by atoms with Crippen LogP contribution in [0.4, 0.5) is 0 Å². The Morgan fingerprint density at radius 3 is 2.43 bits per heavy atom. The van der Waals surface area contributed by atoms with Crippen LogP contribution in [0.5, 0.6) is 11.5 Å². The summed E-state index contributed by atoms with van der Waals surface area (Å²) < 4.78 is 10.7. The summed E-state index contributed by atoms with van der Waals surface area (Å²) in [5, 5.41) is 2.75. The van der Waals surface area contributed by atoms with Crippen LogP contribution in [-0.2, 0) is 29.0 Å². The number of rotatable bonds is 6. The Hall–Kier alpha value is -3.02. The third-order valence-electron chi connectivity index (χ3n) is 5.12. The minimum absolute atomic E-state index is 0.00728. The van der Waals surface area contributed by atoms with Gasteiger partial charge in [0.1, 0.15) is 0 Å². The van der Waals surface area contributed by atoms with Gasteiger partial charge >= 0.3 is 0 Å². The molecule has 0 saturated heterocycles. The van der Waals surface area contributed by atoms with E-state index in [1.165, 1.54) is 0 Å². The molecule has 0 spiro atoms. The standard InChI is InChI=1S/C22H26N2O4/c1-15-6-4-5-7-16(15)12-21(25)23-13-22(26)24-9-8-17-10-19(27-2)20(28-3)11-18(17)14-24/h4-7,10-11H,8-9,12-14H2,1-3H3,(H,23,25). The number of amides is 2. The van der Waals surface area contributed by atoms with Crippen LogP contribution < -0.4 is 14.8 Å². The lowest BCUT2D eigenvalue weighted by molar-refractivity contribution is -0.133. The van der Waals surface area contributed by atoms with Crippen LogP contribution >= 0.6 is 0 Å². The number of ether oxygens (including phenoxy) is 2. The van der Waals surface area contributed by atoms with Crippen molar-refractivity contribution in [2.45, 2.75) is 26.3 Å². The molecule has 148 valence electrons. The van der Waals surface area contributed by atoms with E-state index in [4.69, 9.17) is 9.47 Å². The average molecular weight is 382 g/mol. The van der Waals surface area contributed by atoms with E-state index < -0.39 is 0 Å². The smallest absolute Gasteiger partial charge is 0.242 e. The second kappa shape index (κ2) is 8.78. The zero-order valence-electron chi connectivity index (χ0n) is 16.6. The minimum Gasteiger partial charge on any atom is -0.493 e. The maximum atomic E-state index is 12.6. The summed E-state index contributed by atoms with van der Waals surface area (Å²) >= 11 is 0. The number of hydrogen-bond acceptors (Lipinski definition) is 4. The Morgan fingerprint density at radius 1 is 1.07 bits per heavy atom. The second-order valence-electron chi connectivity index (χ2n) is 6.92. The molecule has 1 heterocycles. The van der Waals surface area contributed by atoms with Crippen molar-refractivity contribution in [3.05, 3.63) is 58.7 Å². The van der Waals surface area contributed by atoms with Gasteiger partial charge in [0, 0.05) is 13.1 Å². The second-order valence-corrected chi connectivity index (χ2v) is 6.92. The number of nitrogens with zero attached hydrogens (tertiary/aromatic N) is 1. The van der Waals surface area contributed by atoms with Crippen molar-refractivity contribution in [2.24, 2.45) is 0 Å². The van der Waals surface area contributed by atoms with E-state index in [2.05, 4.69) is 5.32 Å². The van der Waals surface area contributed by atoms with Gasteiger partial charge in [0.25, 0.3) is 0 Å². The van der Waals surface area contributed by atoms with Crippen molar-refractivity contribution >= 4 is 11.8 Å². The predicted molar refractivity (Wildman–Crippen MR) is 107 cm³/mol. The van der Waals surface area contributed by atoms with Crippen molar-refractivity contribution in [2.75, 3.05) is 27.3 Å². The molecule has 28 heavy (non-hydrogen) atoms. The zero-order chi connectivity index (χ0) is 20.1. The summed E-state index contributed by atoms with van der Waals surface area (Å²) in [7, 11) is 3.21. The Labute approximate surface area is 165 Å². The molecular formula is C22H26N2O4. The lowest BCUT2D eigenvalue weighted by atomic mass is 9.98. The lowest BCUT2D eigenvalue weighted by Crippen LogP contribution is -2.42.